The van der Waals surface area contributed by atoms with Gasteiger partial charge >= 0.3 is 0 Å². The van der Waals surface area contributed by atoms with E-state index in [0.717, 1.165) is 29.7 Å². The molecule has 0 aromatic heterocycles. The van der Waals surface area contributed by atoms with Crippen molar-refractivity contribution >= 4 is 5.91 Å². The Hall–Kier alpha value is -2.29. The Morgan fingerprint density at radius 2 is 1.61 bits per heavy atom. The van der Waals surface area contributed by atoms with Gasteiger partial charge in [-0.25, -0.2) is 0 Å². The van der Waals surface area contributed by atoms with Gasteiger partial charge in [0.2, 0.25) is 5.91 Å². The van der Waals surface area contributed by atoms with Crippen molar-refractivity contribution in [2.24, 2.45) is 0 Å². The van der Waals surface area contributed by atoms with Gasteiger partial charge in [0.15, 0.2) is 0 Å². The predicted octanol–water partition coefficient (Wildman–Crippen LogP) is 4.46. The summed E-state index contributed by atoms with van der Waals surface area (Å²) in [5, 5.41) is 3.19. The second-order valence-electron chi connectivity index (χ2n) is 5.61. The van der Waals surface area contributed by atoms with Crippen LogP contribution in [0.2, 0.25) is 0 Å². The summed E-state index contributed by atoms with van der Waals surface area (Å²) in [5.74, 6) is 0.801. The van der Waals surface area contributed by atoms with E-state index in [0.29, 0.717) is 0 Å². The van der Waals surface area contributed by atoms with Crippen molar-refractivity contribution in [3.8, 4) is 5.75 Å². The summed E-state index contributed by atoms with van der Waals surface area (Å²) in [6.45, 7) is 4.13. The summed E-state index contributed by atoms with van der Waals surface area (Å²) in [6.07, 6.45) is 1.64. The Morgan fingerprint density at radius 3 is 2.13 bits per heavy atom. The Labute approximate surface area is 138 Å². The van der Waals surface area contributed by atoms with Crippen LogP contribution in [0.15, 0.2) is 54.6 Å². The first-order valence-corrected chi connectivity index (χ1v) is 8.18. The van der Waals surface area contributed by atoms with Gasteiger partial charge in [-0.15, -0.1) is 0 Å². The maximum Gasteiger partial charge on any atom is 0.228 e. The summed E-state index contributed by atoms with van der Waals surface area (Å²) in [5.41, 5.74) is 2.17. The molecule has 0 heterocycles. The molecule has 3 nitrogen and oxygen atoms in total. The molecule has 0 saturated heterocycles. The summed E-state index contributed by atoms with van der Waals surface area (Å²) < 4.78 is 5.19. The molecule has 2 aromatic rings. The standard InChI is InChI=1S/C20H25NO2/c1-4-18(15-9-7-6-8-10-15)20(22)21-19(5-2)16-11-13-17(23-3)14-12-16/h6-14,18-19H,4-5H2,1-3H3,(H,21,22). The van der Waals surface area contributed by atoms with E-state index in [-0.39, 0.29) is 17.9 Å². The Kier molecular flexibility index (Phi) is 6.21. The fourth-order valence-electron chi connectivity index (χ4n) is 2.79. The highest BCUT2D eigenvalue weighted by Gasteiger charge is 2.21. The van der Waals surface area contributed by atoms with E-state index in [4.69, 9.17) is 4.74 Å². The molecule has 0 bridgehead atoms. The maximum atomic E-state index is 12.7. The third-order valence-corrected chi connectivity index (χ3v) is 4.17. The second kappa shape index (κ2) is 8.37. The lowest BCUT2D eigenvalue weighted by atomic mass is 9.94. The zero-order valence-electron chi connectivity index (χ0n) is 14.1. The lowest BCUT2D eigenvalue weighted by Crippen LogP contribution is -2.32. The van der Waals surface area contributed by atoms with Crippen molar-refractivity contribution < 1.29 is 9.53 Å². The van der Waals surface area contributed by atoms with Crippen LogP contribution in [0.5, 0.6) is 5.75 Å². The monoisotopic (exact) mass is 311 g/mol. The zero-order valence-corrected chi connectivity index (χ0v) is 14.1. The molecule has 1 N–H and O–H groups in total. The van der Waals surface area contributed by atoms with Crippen LogP contribution in [0, 0.1) is 0 Å². The van der Waals surface area contributed by atoms with Gasteiger partial charge in [-0.1, -0.05) is 56.3 Å². The SMILES string of the molecule is CCC(NC(=O)C(CC)c1ccccc1)c1ccc(OC)cc1. The first-order valence-electron chi connectivity index (χ1n) is 8.18. The number of hydrogen-bond donors (Lipinski definition) is 1. The molecule has 0 fully saturated rings. The predicted molar refractivity (Wildman–Crippen MR) is 93.6 cm³/mol. The van der Waals surface area contributed by atoms with Crippen molar-refractivity contribution in [3.05, 3.63) is 65.7 Å². The molecule has 23 heavy (non-hydrogen) atoms. The molecule has 2 aromatic carbocycles. The van der Waals surface area contributed by atoms with Gasteiger partial charge in [-0.3, -0.25) is 4.79 Å². The van der Waals surface area contributed by atoms with Crippen LogP contribution in [0.25, 0.3) is 0 Å². The van der Waals surface area contributed by atoms with Crippen LogP contribution >= 0.6 is 0 Å². The number of ether oxygens (including phenoxy) is 1. The van der Waals surface area contributed by atoms with E-state index in [1.807, 2.05) is 61.5 Å². The van der Waals surface area contributed by atoms with Crippen molar-refractivity contribution in [1.29, 1.82) is 0 Å². The van der Waals surface area contributed by atoms with Crippen LogP contribution in [0.4, 0.5) is 0 Å². The average molecular weight is 311 g/mol. The molecule has 0 saturated carbocycles. The largest absolute Gasteiger partial charge is 0.497 e. The number of rotatable bonds is 7. The zero-order chi connectivity index (χ0) is 16.7. The van der Waals surface area contributed by atoms with Crippen molar-refractivity contribution in [2.75, 3.05) is 7.11 Å². The number of hydrogen-bond acceptors (Lipinski definition) is 2. The van der Waals surface area contributed by atoms with Gasteiger partial charge in [0.05, 0.1) is 19.1 Å². The Balaban J connectivity index is 2.11. The molecule has 1 amide bonds. The quantitative estimate of drug-likeness (QED) is 0.820. The van der Waals surface area contributed by atoms with Crippen LogP contribution in [-0.2, 0) is 4.79 Å². The summed E-state index contributed by atoms with van der Waals surface area (Å²) in [6, 6.07) is 17.9. The molecule has 0 aliphatic carbocycles. The third-order valence-electron chi connectivity index (χ3n) is 4.17. The molecule has 0 radical (unpaired) electrons. The lowest BCUT2D eigenvalue weighted by Gasteiger charge is -2.22. The molecule has 0 aliphatic heterocycles. The molecular formula is C20H25NO2. The summed E-state index contributed by atoms with van der Waals surface area (Å²) in [4.78, 5) is 12.7. The van der Waals surface area contributed by atoms with E-state index in [2.05, 4.69) is 12.2 Å². The van der Waals surface area contributed by atoms with Crippen molar-refractivity contribution in [1.82, 2.24) is 5.32 Å². The number of carbonyl (C=O) groups is 1. The minimum absolute atomic E-state index is 0.0196. The van der Waals surface area contributed by atoms with Crippen LogP contribution in [0.1, 0.15) is 49.8 Å². The van der Waals surface area contributed by atoms with Gasteiger partial charge in [0.25, 0.3) is 0 Å². The molecular weight excluding hydrogens is 286 g/mol. The van der Waals surface area contributed by atoms with E-state index in [9.17, 15) is 4.79 Å². The third kappa shape index (κ3) is 4.35. The van der Waals surface area contributed by atoms with Gasteiger partial charge in [-0.05, 0) is 36.1 Å². The smallest absolute Gasteiger partial charge is 0.228 e. The highest BCUT2D eigenvalue weighted by Crippen LogP contribution is 2.24. The number of nitrogens with one attached hydrogen (secondary N) is 1. The van der Waals surface area contributed by atoms with Crippen LogP contribution in [-0.4, -0.2) is 13.0 Å². The summed E-state index contributed by atoms with van der Waals surface area (Å²) in [7, 11) is 1.65. The van der Waals surface area contributed by atoms with Gasteiger partial charge < -0.3 is 10.1 Å². The molecule has 122 valence electrons. The topological polar surface area (TPSA) is 38.3 Å². The number of carbonyl (C=O) groups excluding carboxylic acids is 1. The molecule has 0 aliphatic rings. The molecule has 3 heteroatoms. The first kappa shape index (κ1) is 17.1. The first-order chi connectivity index (χ1) is 11.2. The number of amides is 1. The van der Waals surface area contributed by atoms with Crippen LogP contribution < -0.4 is 10.1 Å². The number of benzene rings is 2. The van der Waals surface area contributed by atoms with Gasteiger partial charge in [0, 0.05) is 0 Å². The highest BCUT2D eigenvalue weighted by atomic mass is 16.5. The van der Waals surface area contributed by atoms with E-state index in [1.165, 1.54) is 0 Å². The van der Waals surface area contributed by atoms with Crippen molar-refractivity contribution in [3.63, 3.8) is 0 Å². The van der Waals surface area contributed by atoms with E-state index < -0.39 is 0 Å². The minimum Gasteiger partial charge on any atom is -0.497 e. The highest BCUT2D eigenvalue weighted by molar-refractivity contribution is 5.84. The van der Waals surface area contributed by atoms with E-state index >= 15 is 0 Å². The van der Waals surface area contributed by atoms with Gasteiger partial charge in [0.1, 0.15) is 5.75 Å². The maximum absolute atomic E-state index is 12.7. The summed E-state index contributed by atoms with van der Waals surface area (Å²) >= 11 is 0. The fourth-order valence-corrected chi connectivity index (χ4v) is 2.79. The molecule has 2 rings (SSSR count). The lowest BCUT2D eigenvalue weighted by molar-refractivity contribution is -0.123. The minimum atomic E-state index is -0.108. The molecule has 2 unspecified atom stereocenters. The molecule has 2 atom stereocenters. The average Bonchev–Trinajstić information content (AvgIpc) is 2.61. The van der Waals surface area contributed by atoms with Crippen molar-refractivity contribution in [2.45, 2.75) is 38.6 Å². The Bertz CT molecular complexity index is 607. The van der Waals surface area contributed by atoms with Crippen LogP contribution in [0.3, 0.4) is 0 Å². The Morgan fingerprint density at radius 1 is 0.957 bits per heavy atom. The van der Waals surface area contributed by atoms with E-state index in [1.54, 1.807) is 7.11 Å². The molecule has 0 spiro atoms. The van der Waals surface area contributed by atoms with Gasteiger partial charge in [-0.2, -0.15) is 0 Å². The normalized spacial score (nSPS) is 13.2. The second-order valence-corrected chi connectivity index (χ2v) is 5.61. The fraction of sp³-hybridized carbons (Fsp3) is 0.350. The number of methoxy groups -OCH3 is 1.